The van der Waals surface area contributed by atoms with E-state index in [2.05, 4.69) is 25.5 Å². The third-order valence-electron chi connectivity index (χ3n) is 4.94. The van der Waals surface area contributed by atoms with Crippen molar-refractivity contribution in [3.05, 3.63) is 65.7 Å². The summed E-state index contributed by atoms with van der Waals surface area (Å²) in [7, 11) is 1.89. The number of aryl methyl sites for hydroxylation is 2. The number of hydrogen-bond donors (Lipinski definition) is 2. The van der Waals surface area contributed by atoms with Gasteiger partial charge in [-0.15, -0.1) is 10.2 Å². The van der Waals surface area contributed by atoms with Crippen molar-refractivity contribution in [2.45, 2.75) is 24.9 Å². The molecule has 0 aliphatic rings. The lowest BCUT2D eigenvalue weighted by molar-refractivity contribution is -0.113. The number of aromatic nitrogens is 5. The van der Waals surface area contributed by atoms with E-state index in [9.17, 15) is 9.59 Å². The van der Waals surface area contributed by atoms with Gasteiger partial charge in [-0.25, -0.2) is 9.78 Å². The van der Waals surface area contributed by atoms with Crippen LogP contribution in [-0.4, -0.2) is 49.0 Å². The minimum Gasteiger partial charge on any atom is -0.462 e. The monoisotopic (exact) mass is 464 g/mol. The maximum absolute atomic E-state index is 12.4. The number of hydrogen-bond acceptors (Lipinski definition) is 7. The van der Waals surface area contributed by atoms with Crippen LogP contribution in [0.4, 0.5) is 5.69 Å². The number of esters is 1. The standard InChI is InChI=1S/C23H24N6O3S/c1-3-32-22(31)15-7-6-8-16(13-15)24-21(30)14-33-23-28-27-20(29(23)2)12-11-19-25-17-9-4-5-10-18(17)26-19/h4-10,13H,3,11-12,14H2,1-2H3,(H,24,30)(H,25,26). The Morgan fingerprint density at radius 3 is 2.79 bits per heavy atom. The quantitative estimate of drug-likeness (QED) is 0.288. The number of fused-ring (bicyclic) bond motifs is 1. The number of ether oxygens (including phenoxy) is 1. The van der Waals surface area contributed by atoms with Gasteiger partial charge in [0.05, 0.1) is 29.0 Å². The fourth-order valence-corrected chi connectivity index (χ4v) is 4.04. The number of carbonyl (C=O) groups excluding carboxylic acids is 2. The van der Waals surface area contributed by atoms with Gasteiger partial charge in [0.2, 0.25) is 5.91 Å². The van der Waals surface area contributed by atoms with Crippen LogP contribution in [-0.2, 0) is 29.4 Å². The third-order valence-corrected chi connectivity index (χ3v) is 5.96. The number of nitrogens with zero attached hydrogens (tertiary/aromatic N) is 4. The Labute approximate surface area is 195 Å². The highest BCUT2D eigenvalue weighted by Gasteiger charge is 2.13. The number of para-hydroxylation sites is 2. The molecule has 0 aliphatic carbocycles. The number of thioether (sulfide) groups is 1. The maximum Gasteiger partial charge on any atom is 0.338 e. The molecule has 2 aromatic carbocycles. The summed E-state index contributed by atoms with van der Waals surface area (Å²) in [5.41, 5.74) is 2.89. The Kier molecular flexibility index (Phi) is 7.04. The third kappa shape index (κ3) is 5.58. The van der Waals surface area contributed by atoms with Crippen LogP contribution in [0.5, 0.6) is 0 Å². The van der Waals surface area contributed by atoms with E-state index in [-0.39, 0.29) is 11.7 Å². The van der Waals surface area contributed by atoms with Crippen LogP contribution in [0.1, 0.15) is 28.9 Å². The van der Waals surface area contributed by atoms with Crippen LogP contribution in [0.15, 0.2) is 53.7 Å². The molecule has 0 unspecified atom stereocenters. The molecule has 0 radical (unpaired) electrons. The first-order valence-electron chi connectivity index (χ1n) is 10.5. The van der Waals surface area contributed by atoms with Crippen LogP contribution in [0, 0.1) is 0 Å². The summed E-state index contributed by atoms with van der Waals surface area (Å²) in [6, 6.07) is 14.6. The molecular formula is C23H24N6O3S. The van der Waals surface area contributed by atoms with Crippen LogP contribution in [0.2, 0.25) is 0 Å². The molecule has 0 aliphatic heterocycles. The van der Waals surface area contributed by atoms with E-state index in [0.29, 0.717) is 35.9 Å². The summed E-state index contributed by atoms with van der Waals surface area (Å²) >= 11 is 1.30. The Hall–Kier alpha value is -3.66. The zero-order valence-electron chi connectivity index (χ0n) is 18.4. The number of rotatable bonds is 9. The summed E-state index contributed by atoms with van der Waals surface area (Å²) in [5, 5.41) is 11.9. The fraction of sp³-hybridized carbons (Fsp3) is 0.261. The van der Waals surface area contributed by atoms with E-state index < -0.39 is 5.97 Å². The number of H-pyrrole nitrogens is 1. The summed E-state index contributed by atoms with van der Waals surface area (Å²) in [6.07, 6.45) is 1.39. The van der Waals surface area contributed by atoms with Crippen molar-refractivity contribution in [3.63, 3.8) is 0 Å². The molecule has 4 rings (SSSR count). The average molecular weight is 465 g/mol. The minimum absolute atomic E-state index is 0.166. The number of amides is 1. The normalized spacial score (nSPS) is 11.0. The lowest BCUT2D eigenvalue weighted by Gasteiger charge is -2.07. The van der Waals surface area contributed by atoms with Crippen LogP contribution in [0.3, 0.4) is 0 Å². The Morgan fingerprint density at radius 2 is 1.97 bits per heavy atom. The molecule has 10 heteroatoms. The van der Waals surface area contributed by atoms with Crippen molar-refractivity contribution in [2.75, 3.05) is 17.7 Å². The molecule has 0 atom stereocenters. The van der Waals surface area contributed by atoms with E-state index in [1.54, 1.807) is 31.2 Å². The number of carbonyl (C=O) groups is 2. The summed E-state index contributed by atoms with van der Waals surface area (Å²) in [4.78, 5) is 32.2. The molecule has 33 heavy (non-hydrogen) atoms. The van der Waals surface area contributed by atoms with Gasteiger partial charge in [-0.3, -0.25) is 4.79 Å². The van der Waals surface area contributed by atoms with E-state index in [0.717, 1.165) is 22.7 Å². The second kappa shape index (κ2) is 10.3. The van der Waals surface area contributed by atoms with E-state index in [1.165, 1.54) is 11.8 Å². The summed E-state index contributed by atoms with van der Waals surface area (Å²) in [6.45, 7) is 2.04. The molecule has 0 fully saturated rings. The molecule has 0 saturated heterocycles. The fourth-order valence-electron chi connectivity index (χ4n) is 3.31. The number of nitrogens with one attached hydrogen (secondary N) is 2. The first-order valence-corrected chi connectivity index (χ1v) is 11.5. The zero-order chi connectivity index (χ0) is 23.2. The lowest BCUT2D eigenvalue weighted by atomic mass is 10.2. The lowest BCUT2D eigenvalue weighted by Crippen LogP contribution is -2.15. The highest BCUT2D eigenvalue weighted by atomic mass is 32.2. The first kappa shape index (κ1) is 22.5. The van der Waals surface area contributed by atoms with Crippen LogP contribution >= 0.6 is 11.8 Å². The molecule has 0 saturated carbocycles. The van der Waals surface area contributed by atoms with Gasteiger partial charge in [0, 0.05) is 25.6 Å². The van der Waals surface area contributed by atoms with Gasteiger partial charge in [0.15, 0.2) is 5.16 Å². The largest absolute Gasteiger partial charge is 0.462 e. The van der Waals surface area contributed by atoms with Crippen LogP contribution in [0.25, 0.3) is 11.0 Å². The van der Waals surface area contributed by atoms with Gasteiger partial charge in [0.25, 0.3) is 0 Å². The van der Waals surface area contributed by atoms with E-state index in [4.69, 9.17) is 4.74 Å². The highest BCUT2D eigenvalue weighted by Crippen LogP contribution is 2.18. The van der Waals surface area contributed by atoms with Gasteiger partial charge in [0.1, 0.15) is 11.6 Å². The van der Waals surface area contributed by atoms with Crippen molar-refractivity contribution in [2.24, 2.45) is 7.05 Å². The van der Waals surface area contributed by atoms with Crippen molar-refractivity contribution in [1.82, 2.24) is 24.7 Å². The molecule has 2 heterocycles. The number of benzene rings is 2. The predicted molar refractivity (Wildman–Crippen MR) is 126 cm³/mol. The smallest absolute Gasteiger partial charge is 0.338 e. The zero-order valence-corrected chi connectivity index (χ0v) is 19.2. The SMILES string of the molecule is CCOC(=O)c1cccc(NC(=O)CSc2nnc(CCc3nc4ccccc4[nH]3)n2C)c1. The van der Waals surface area contributed by atoms with Gasteiger partial charge in [-0.05, 0) is 37.3 Å². The Bertz CT molecular complexity index is 1250. The number of imidazole rings is 1. The van der Waals surface area contributed by atoms with Crippen molar-refractivity contribution < 1.29 is 14.3 Å². The molecule has 0 spiro atoms. The molecule has 170 valence electrons. The molecular weight excluding hydrogens is 440 g/mol. The van der Waals surface area contributed by atoms with Crippen molar-refractivity contribution in [1.29, 1.82) is 0 Å². The predicted octanol–water partition coefficient (Wildman–Crippen LogP) is 3.38. The Balaban J connectivity index is 1.30. The number of aromatic amines is 1. The van der Waals surface area contributed by atoms with Gasteiger partial charge in [-0.2, -0.15) is 0 Å². The molecule has 1 amide bonds. The minimum atomic E-state index is -0.419. The Morgan fingerprint density at radius 1 is 1.12 bits per heavy atom. The van der Waals surface area contributed by atoms with Gasteiger partial charge < -0.3 is 19.6 Å². The second-order valence-electron chi connectivity index (χ2n) is 7.30. The highest BCUT2D eigenvalue weighted by molar-refractivity contribution is 7.99. The maximum atomic E-state index is 12.4. The second-order valence-corrected chi connectivity index (χ2v) is 8.24. The molecule has 0 bridgehead atoms. The van der Waals surface area contributed by atoms with E-state index >= 15 is 0 Å². The van der Waals surface area contributed by atoms with Crippen LogP contribution < -0.4 is 5.32 Å². The summed E-state index contributed by atoms with van der Waals surface area (Å²) in [5.74, 6) is 1.27. The topological polar surface area (TPSA) is 115 Å². The number of anilines is 1. The van der Waals surface area contributed by atoms with E-state index in [1.807, 2.05) is 35.9 Å². The van der Waals surface area contributed by atoms with Gasteiger partial charge >= 0.3 is 5.97 Å². The molecule has 2 N–H and O–H groups in total. The molecule has 4 aromatic rings. The molecule has 9 nitrogen and oxygen atoms in total. The molecule has 2 aromatic heterocycles. The first-order chi connectivity index (χ1) is 16.0. The van der Waals surface area contributed by atoms with Gasteiger partial charge in [-0.1, -0.05) is 30.0 Å². The van der Waals surface area contributed by atoms with Crippen molar-refractivity contribution >= 4 is 40.4 Å². The van der Waals surface area contributed by atoms with Crippen molar-refractivity contribution in [3.8, 4) is 0 Å². The average Bonchev–Trinajstić information content (AvgIpc) is 3.39. The summed E-state index contributed by atoms with van der Waals surface area (Å²) < 4.78 is 6.88.